The zero-order chi connectivity index (χ0) is 25.4. The maximum atomic E-state index is 12.5. The lowest BCUT2D eigenvalue weighted by atomic mass is 9.89. The Hall–Kier alpha value is -2.78. The smallest absolute Gasteiger partial charge is 0.227 e. The van der Waals surface area contributed by atoms with E-state index >= 15 is 0 Å². The van der Waals surface area contributed by atoms with Crippen LogP contribution in [-0.2, 0) is 28.1 Å². The summed E-state index contributed by atoms with van der Waals surface area (Å²) in [6.45, 7) is 10.2. The Morgan fingerprint density at radius 1 is 1.00 bits per heavy atom. The molecular formula is C27H40N6O3. The normalized spacial score (nSPS) is 18.9. The average Bonchev–Trinajstić information content (AvgIpc) is 3.24. The first kappa shape index (κ1) is 26.3. The lowest BCUT2D eigenvalue weighted by Gasteiger charge is -2.34. The second kappa shape index (κ2) is 12.5. The van der Waals surface area contributed by atoms with E-state index in [0.29, 0.717) is 18.1 Å². The monoisotopic (exact) mass is 496 g/mol. The summed E-state index contributed by atoms with van der Waals surface area (Å²) in [6.07, 6.45) is 6.52. The Bertz CT molecular complexity index is 989. The van der Waals surface area contributed by atoms with Crippen molar-refractivity contribution in [2.75, 3.05) is 38.0 Å². The molecule has 0 unspecified atom stereocenters. The Morgan fingerprint density at radius 2 is 1.67 bits per heavy atom. The number of nitrogens with one attached hydrogen (secondary N) is 2. The van der Waals surface area contributed by atoms with Gasteiger partial charge in [-0.2, -0.15) is 4.98 Å². The Balaban J connectivity index is 1.26. The molecule has 1 aliphatic heterocycles. The van der Waals surface area contributed by atoms with Crippen molar-refractivity contribution in [2.24, 2.45) is 0 Å². The number of aryl methyl sites for hydroxylation is 1. The predicted molar refractivity (Wildman–Crippen MR) is 138 cm³/mol. The second-order valence-corrected chi connectivity index (χ2v) is 10.1. The van der Waals surface area contributed by atoms with E-state index in [9.17, 15) is 9.59 Å². The third-order valence-corrected chi connectivity index (χ3v) is 7.39. The number of aromatic nitrogens is 2. The van der Waals surface area contributed by atoms with E-state index in [1.165, 1.54) is 12.5 Å². The van der Waals surface area contributed by atoms with E-state index in [4.69, 9.17) is 4.52 Å². The van der Waals surface area contributed by atoms with Crippen LogP contribution in [0.15, 0.2) is 28.8 Å². The Labute approximate surface area is 214 Å². The van der Waals surface area contributed by atoms with Gasteiger partial charge >= 0.3 is 0 Å². The number of carbonyl (C=O) groups is 2. The molecule has 0 bridgehead atoms. The summed E-state index contributed by atoms with van der Waals surface area (Å²) in [5, 5.41) is 10.2. The SMILES string of the molecule is CCN1CCN(Cc2ccc(NC(=O)CCc3nc(C4(NC(C)=O)CCCCCC4)no3)cc2)CC1. The molecule has 196 valence electrons. The van der Waals surface area contributed by atoms with E-state index in [2.05, 4.69) is 49.6 Å². The zero-order valence-electron chi connectivity index (χ0n) is 21.7. The molecule has 36 heavy (non-hydrogen) atoms. The van der Waals surface area contributed by atoms with E-state index in [0.717, 1.165) is 83.5 Å². The fourth-order valence-corrected chi connectivity index (χ4v) is 5.28. The van der Waals surface area contributed by atoms with Crippen LogP contribution in [0.1, 0.15) is 76.1 Å². The first-order valence-electron chi connectivity index (χ1n) is 13.4. The van der Waals surface area contributed by atoms with E-state index < -0.39 is 5.54 Å². The van der Waals surface area contributed by atoms with Gasteiger partial charge in [-0.15, -0.1) is 0 Å². The largest absolute Gasteiger partial charge is 0.343 e. The van der Waals surface area contributed by atoms with Gasteiger partial charge in [0.1, 0.15) is 5.54 Å². The number of hydrogen-bond acceptors (Lipinski definition) is 7. The molecular weight excluding hydrogens is 456 g/mol. The molecule has 0 spiro atoms. The summed E-state index contributed by atoms with van der Waals surface area (Å²) in [6, 6.07) is 8.09. The van der Waals surface area contributed by atoms with E-state index in [1.807, 2.05) is 12.1 Å². The number of piperazine rings is 1. The van der Waals surface area contributed by atoms with Crippen molar-refractivity contribution in [1.29, 1.82) is 0 Å². The summed E-state index contributed by atoms with van der Waals surface area (Å²) >= 11 is 0. The highest BCUT2D eigenvalue weighted by Crippen LogP contribution is 2.34. The third kappa shape index (κ3) is 7.13. The lowest BCUT2D eigenvalue weighted by molar-refractivity contribution is -0.121. The van der Waals surface area contributed by atoms with Crippen molar-refractivity contribution in [3.8, 4) is 0 Å². The fourth-order valence-electron chi connectivity index (χ4n) is 5.28. The van der Waals surface area contributed by atoms with Crippen LogP contribution in [0.4, 0.5) is 5.69 Å². The van der Waals surface area contributed by atoms with Crippen LogP contribution in [0.5, 0.6) is 0 Å². The second-order valence-electron chi connectivity index (χ2n) is 10.1. The highest BCUT2D eigenvalue weighted by molar-refractivity contribution is 5.90. The zero-order valence-corrected chi connectivity index (χ0v) is 21.7. The van der Waals surface area contributed by atoms with Gasteiger partial charge in [0.15, 0.2) is 5.82 Å². The minimum atomic E-state index is -0.572. The molecule has 2 heterocycles. The highest BCUT2D eigenvalue weighted by Gasteiger charge is 2.38. The van der Waals surface area contributed by atoms with Crippen molar-refractivity contribution in [1.82, 2.24) is 25.3 Å². The molecule has 9 heteroatoms. The van der Waals surface area contributed by atoms with Crippen molar-refractivity contribution >= 4 is 17.5 Å². The van der Waals surface area contributed by atoms with Crippen LogP contribution in [0.2, 0.25) is 0 Å². The average molecular weight is 497 g/mol. The molecule has 1 aromatic heterocycles. The van der Waals surface area contributed by atoms with Gasteiger partial charge in [0, 0.05) is 58.2 Å². The molecule has 9 nitrogen and oxygen atoms in total. The van der Waals surface area contributed by atoms with Crippen molar-refractivity contribution in [3.05, 3.63) is 41.5 Å². The van der Waals surface area contributed by atoms with Crippen LogP contribution in [-0.4, -0.2) is 64.5 Å². The van der Waals surface area contributed by atoms with Crippen LogP contribution >= 0.6 is 0 Å². The van der Waals surface area contributed by atoms with Gasteiger partial charge in [-0.1, -0.05) is 49.9 Å². The molecule has 4 rings (SSSR count). The quantitative estimate of drug-likeness (QED) is 0.513. The van der Waals surface area contributed by atoms with Crippen molar-refractivity contribution < 1.29 is 14.1 Å². The standard InChI is InChI=1S/C27H40N6O3/c1-3-32-16-18-33(19-17-32)20-22-8-10-23(11-9-22)28-24(35)12-13-25-29-26(31-36-25)27(30-21(2)34)14-6-4-5-7-15-27/h8-11H,3-7,12-20H2,1-2H3,(H,28,35)(H,30,34). The molecule has 0 radical (unpaired) electrons. The van der Waals surface area contributed by atoms with Crippen molar-refractivity contribution in [2.45, 2.75) is 77.3 Å². The summed E-state index contributed by atoms with van der Waals surface area (Å²) in [5.41, 5.74) is 1.47. The first-order chi connectivity index (χ1) is 17.5. The molecule has 2 aromatic rings. The maximum absolute atomic E-state index is 12.5. The van der Waals surface area contributed by atoms with Gasteiger partial charge in [0.25, 0.3) is 0 Å². The van der Waals surface area contributed by atoms with Crippen LogP contribution in [0.3, 0.4) is 0 Å². The minimum Gasteiger partial charge on any atom is -0.343 e. The minimum absolute atomic E-state index is 0.0901. The fraction of sp³-hybridized carbons (Fsp3) is 0.630. The van der Waals surface area contributed by atoms with Gasteiger partial charge in [0.05, 0.1) is 0 Å². The van der Waals surface area contributed by atoms with E-state index in [1.54, 1.807) is 0 Å². The van der Waals surface area contributed by atoms with E-state index in [-0.39, 0.29) is 18.2 Å². The predicted octanol–water partition coefficient (Wildman–Crippen LogP) is 3.46. The molecule has 1 saturated heterocycles. The number of anilines is 1. The number of benzene rings is 1. The van der Waals surface area contributed by atoms with Crippen LogP contribution in [0, 0.1) is 0 Å². The number of amides is 2. The molecule has 2 N–H and O–H groups in total. The number of rotatable bonds is 9. The molecule has 2 amide bonds. The highest BCUT2D eigenvalue weighted by atomic mass is 16.5. The number of likely N-dealkylation sites (N-methyl/N-ethyl adjacent to an activating group) is 1. The van der Waals surface area contributed by atoms with Gasteiger partial charge < -0.3 is 20.1 Å². The summed E-state index contributed by atoms with van der Waals surface area (Å²) < 4.78 is 5.47. The molecule has 1 aliphatic carbocycles. The summed E-state index contributed by atoms with van der Waals surface area (Å²) in [5.74, 6) is 0.770. The molecule has 1 aromatic carbocycles. The Morgan fingerprint density at radius 3 is 2.31 bits per heavy atom. The third-order valence-electron chi connectivity index (χ3n) is 7.39. The molecule has 2 aliphatic rings. The van der Waals surface area contributed by atoms with Gasteiger partial charge in [-0.05, 0) is 37.1 Å². The molecule has 1 saturated carbocycles. The van der Waals surface area contributed by atoms with Gasteiger partial charge in [-0.25, -0.2) is 0 Å². The van der Waals surface area contributed by atoms with Crippen LogP contribution < -0.4 is 10.6 Å². The van der Waals surface area contributed by atoms with Gasteiger partial charge in [-0.3, -0.25) is 14.5 Å². The molecule has 2 fully saturated rings. The summed E-state index contributed by atoms with van der Waals surface area (Å²) in [7, 11) is 0. The number of carbonyl (C=O) groups excluding carboxylic acids is 2. The van der Waals surface area contributed by atoms with Gasteiger partial charge in [0.2, 0.25) is 17.7 Å². The summed E-state index contributed by atoms with van der Waals surface area (Å²) in [4.78, 5) is 34.0. The molecule has 0 atom stereocenters. The lowest BCUT2D eigenvalue weighted by Crippen LogP contribution is -2.45. The maximum Gasteiger partial charge on any atom is 0.227 e. The van der Waals surface area contributed by atoms with Crippen LogP contribution in [0.25, 0.3) is 0 Å². The topological polar surface area (TPSA) is 104 Å². The first-order valence-corrected chi connectivity index (χ1v) is 13.4. The Kier molecular flexibility index (Phi) is 9.09. The number of nitrogens with zero attached hydrogens (tertiary/aromatic N) is 4. The van der Waals surface area contributed by atoms with Crippen molar-refractivity contribution in [3.63, 3.8) is 0 Å². The number of hydrogen-bond donors (Lipinski definition) is 2.